The molecule has 1 atom stereocenters. The molecule has 122 valence electrons. The fourth-order valence-electron chi connectivity index (χ4n) is 4.44. The topological polar surface area (TPSA) is 49.4 Å². The number of nitrogens with zero attached hydrogens (tertiary/aromatic N) is 1. The average Bonchev–Trinajstić information content (AvgIpc) is 2.47. The van der Waals surface area contributed by atoms with Gasteiger partial charge in [-0.1, -0.05) is 19.3 Å². The van der Waals surface area contributed by atoms with Gasteiger partial charge in [-0.25, -0.2) is 8.42 Å². The number of hydrogen-bond acceptors (Lipinski definition) is 4. The van der Waals surface area contributed by atoms with Gasteiger partial charge in [0.05, 0.1) is 11.5 Å². The molecule has 1 unspecified atom stereocenters. The monoisotopic (exact) mass is 314 g/mol. The minimum absolute atomic E-state index is 0.175. The zero-order valence-corrected chi connectivity index (χ0v) is 14.0. The number of likely N-dealkylation sites (tertiary alicyclic amines) is 1. The Hall–Kier alpha value is -0.130. The zero-order valence-electron chi connectivity index (χ0n) is 13.1. The molecule has 2 aliphatic heterocycles. The van der Waals surface area contributed by atoms with Crippen LogP contribution in [0.25, 0.3) is 0 Å². The van der Waals surface area contributed by atoms with Crippen LogP contribution in [0.4, 0.5) is 0 Å². The summed E-state index contributed by atoms with van der Waals surface area (Å²) >= 11 is 0. The molecule has 3 rings (SSSR count). The molecule has 2 saturated heterocycles. The van der Waals surface area contributed by atoms with Crippen molar-refractivity contribution in [2.24, 2.45) is 5.41 Å². The van der Waals surface area contributed by atoms with Crippen LogP contribution in [-0.2, 0) is 9.84 Å². The molecule has 1 N–H and O–H groups in total. The molecular weight excluding hydrogens is 284 g/mol. The standard InChI is InChI=1S/C16H30N2O2S/c19-21(20)13-9-17-15(14-21)4-10-18-11-7-16(8-12-18)5-2-1-3-6-16/h15,17H,1-14H2. The first kappa shape index (κ1) is 15.8. The maximum absolute atomic E-state index is 11.7. The number of rotatable bonds is 3. The third kappa shape index (κ3) is 4.20. The van der Waals surface area contributed by atoms with Gasteiger partial charge in [-0.05, 0) is 57.2 Å². The number of nitrogens with one attached hydrogen (secondary N) is 1. The van der Waals surface area contributed by atoms with Crippen LogP contribution in [-0.4, -0.2) is 57.0 Å². The lowest BCUT2D eigenvalue weighted by Crippen LogP contribution is -2.47. The molecule has 0 amide bonds. The first-order valence-corrected chi connectivity index (χ1v) is 10.6. The lowest BCUT2D eigenvalue weighted by molar-refractivity contribution is 0.0661. The van der Waals surface area contributed by atoms with Crippen molar-refractivity contribution >= 4 is 9.84 Å². The van der Waals surface area contributed by atoms with E-state index in [4.69, 9.17) is 0 Å². The highest BCUT2D eigenvalue weighted by Crippen LogP contribution is 2.44. The van der Waals surface area contributed by atoms with Crippen molar-refractivity contribution < 1.29 is 8.42 Å². The van der Waals surface area contributed by atoms with Gasteiger partial charge in [0.1, 0.15) is 0 Å². The van der Waals surface area contributed by atoms with E-state index in [1.807, 2.05) is 0 Å². The van der Waals surface area contributed by atoms with E-state index in [-0.39, 0.29) is 6.04 Å². The Morgan fingerprint density at radius 1 is 1.05 bits per heavy atom. The summed E-state index contributed by atoms with van der Waals surface area (Å²) in [6, 6.07) is 0.175. The first-order valence-electron chi connectivity index (χ1n) is 8.73. The van der Waals surface area contributed by atoms with Crippen LogP contribution in [0.5, 0.6) is 0 Å². The fraction of sp³-hybridized carbons (Fsp3) is 1.00. The second-order valence-electron chi connectivity index (χ2n) is 7.46. The summed E-state index contributed by atoms with van der Waals surface area (Å²) in [5, 5.41) is 3.37. The van der Waals surface area contributed by atoms with Gasteiger partial charge in [0.25, 0.3) is 0 Å². The van der Waals surface area contributed by atoms with Crippen LogP contribution in [0.1, 0.15) is 51.4 Å². The van der Waals surface area contributed by atoms with Crippen LogP contribution in [0.3, 0.4) is 0 Å². The Morgan fingerprint density at radius 2 is 1.76 bits per heavy atom. The first-order chi connectivity index (χ1) is 10.1. The maximum atomic E-state index is 11.7. The van der Waals surface area contributed by atoms with Crippen molar-refractivity contribution in [1.82, 2.24) is 10.2 Å². The molecule has 0 aromatic rings. The highest BCUT2D eigenvalue weighted by molar-refractivity contribution is 7.91. The van der Waals surface area contributed by atoms with Crippen molar-refractivity contribution in [3.05, 3.63) is 0 Å². The molecular formula is C16H30N2O2S. The Morgan fingerprint density at radius 3 is 2.43 bits per heavy atom. The largest absolute Gasteiger partial charge is 0.312 e. The summed E-state index contributed by atoms with van der Waals surface area (Å²) in [5.74, 6) is 0.653. The second kappa shape index (κ2) is 6.55. The number of hydrogen-bond donors (Lipinski definition) is 1. The highest BCUT2D eigenvalue weighted by atomic mass is 32.2. The van der Waals surface area contributed by atoms with Crippen molar-refractivity contribution in [2.75, 3.05) is 37.7 Å². The second-order valence-corrected chi connectivity index (χ2v) is 9.69. The van der Waals surface area contributed by atoms with E-state index in [0.717, 1.165) is 13.0 Å². The van der Waals surface area contributed by atoms with E-state index in [0.29, 0.717) is 23.5 Å². The summed E-state index contributed by atoms with van der Waals surface area (Å²) in [4.78, 5) is 2.56. The summed E-state index contributed by atoms with van der Waals surface area (Å²) in [7, 11) is -2.79. The number of piperidine rings is 1. The molecule has 1 saturated carbocycles. The molecule has 3 fully saturated rings. The van der Waals surface area contributed by atoms with Crippen LogP contribution in [0, 0.1) is 5.41 Å². The summed E-state index contributed by atoms with van der Waals surface area (Å²) in [6.45, 7) is 4.14. The minimum atomic E-state index is -2.79. The molecule has 0 aromatic carbocycles. The molecule has 2 heterocycles. The Kier molecular flexibility index (Phi) is 4.91. The fourth-order valence-corrected chi connectivity index (χ4v) is 5.94. The normalized spacial score (nSPS) is 33.0. The maximum Gasteiger partial charge on any atom is 0.153 e. The van der Waals surface area contributed by atoms with E-state index in [9.17, 15) is 8.42 Å². The van der Waals surface area contributed by atoms with E-state index in [1.165, 1.54) is 58.0 Å². The average molecular weight is 314 g/mol. The third-order valence-corrected chi connectivity index (χ3v) is 7.66. The third-order valence-electron chi connectivity index (χ3n) is 5.93. The predicted octanol–water partition coefficient (Wildman–Crippen LogP) is 1.81. The molecule has 0 bridgehead atoms. The van der Waals surface area contributed by atoms with Gasteiger partial charge < -0.3 is 10.2 Å². The van der Waals surface area contributed by atoms with Gasteiger partial charge in [-0.3, -0.25) is 0 Å². The molecule has 5 heteroatoms. The van der Waals surface area contributed by atoms with Gasteiger partial charge >= 0.3 is 0 Å². The molecule has 3 aliphatic rings. The lowest BCUT2D eigenvalue weighted by atomic mass is 9.68. The van der Waals surface area contributed by atoms with Gasteiger partial charge in [0.15, 0.2) is 9.84 Å². The Balaban J connectivity index is 1.41. The summed E-state index contributed by atoms with van der Waals surface area (Å²) in [6.07, 6.45) is 10.9. The van der Waals surface area contributed by atoms with Crippen molar-refractivity contribution in [2.45, 2.75) is 57.4 Å². The van der Waals surface area contributed by atoms with E-state index in [2.05, 4.69) is 10.2 Å². The van der Waals surface area contributed by atoms with Crippen LogP contribution in [0.15, 0.2) is 0 Å². The summed E-state index contributed by atoms with van der Waals surface area (Å²) in [5.41, 5.74) is 0.668. The zero-order chi connectivity index (χ0) is 14.8. The minimum Gasteiger partial charge on any atom is -0.312 e. The van der Waals surface area contributed by atoms with Crippen LogP contribution in [0.2, 0.25) is 0 Å². The quantitative estimate of drug-likeness (QED) is 0.863. The van der Waals surface area contributed by atoms with Crippen LogP contribution >= 0.6 is 0 Å². The molecule has 0 radical (unpaired) electrons. The van der Waals surface area contributed by atoms with Gasteiger partial charge in [0.2, 0.25) is 0 Å². The van der Waals surface area contributed by atoms with E-state index in [1.54, 1.807) is 0 Å². The van der Waals surface area contributed by atoms with Gasteiger partial charge in [0, 0.05) is 12.6 Å². The van der Waals surface area contributed by atoms with Crippen LogP contribution < -0.4 is 5.32 Å². The Bertz CT molecular complexity index is 433. The molecule has 1 spiro atoms. The van der Waals surface area contributed by atoms with Crippen molar-refractivity contribution in [1.29, 1.82) is 0 Å². The molecule has 21 heavy (non-hydrogen) atoms. The van der Waals surface area contributed by atoms with Gasteiger partial charge in [-0.15, -0.1) is 0 Å². The van der Waals surface area contributed by atoms with Crippen molar-refractivity contribution in [3.8, 4) is 0 Å². The highest BCUT2D eigenvalue weighted by Gasteiger charge is 2.35. The smallest absolute Gasteiger partial charge is 0.153 e. The van der Waals surface area contributed by atoms with E-state index >= 15 is 0 Å². The molecule has 4 nitrogen and oxygen atoms in total. The Labute approximate surface area is 129 Å². The lowest BCUT2D eigenvalue weighted by Gasteiger charge is -2.44. The molecule has 0 aromatic heterocycles. The van der Waals surface area contributed by atoms with Gasteiger partial charge in [-0.2, -0.15) is 0 Å². The predicted molar refractivity (Wildman–Crippen MR) is 86.3 cm³/mol. The van der Waals surface area contributed by atoms with E-state index < -0.39 is 9.84 Å². The van der Waals surface area contributed by atoms with Crippen molar-refractivity contribution in [3.63, 3.8) is 0 Å². The molecule has 1 aliphatic carbocycles. The summed E-state index contributed by atoms with van der Waals surface area (Å²) < 4.78 is 23.3. The SMILES string of the molecule is O=S1(=O)CCNC(CCN2CCC3(CCCCC3)CC2)C1. The number of sulfone groups is 1.